The van der Waals surface area contributed by atoms with E-state index in [0.717, 1.165) is 0 Å². The SMILES string of the molecule is CCC1CCCCC1C(O)C(C)(C)c1ccccc1. The molecule has 1 fully saturated rings. The van der Waals surface area contributed by atoms with Crippen LogP contribution in [0.25, 0.3) is 0 Å². The van der Waals surface area contributed by atoms with Crippen molar-refractivity contribution >= 4 is 0 Å². The Labute approximate surface area is 118 Å². The summed E-state index contributed by atoms with van der Waals surface area (Å²) in [7, 11) is 0. The molecule has 1 aromatic carbocycles. The van der Waals surface area contributed by atoms with Gasteiger partial charge in [-0.25, -0.2) is 0 Å². The maximum atomic E-state index is 11.0. The fraction of sp³-hybridized carbons (Fsp3) is 0.667. The summed E-state index contributed by atoms with van der Waals surface area (Å²) in [6, 6.07) is 10.5. The van der Waals surface area contributed by atoms with Crippen LogP contribution in [-0.2, 0) is 5.41 Å². The highest BCUT2D eigenvalue weighted by Crippen LogP contribution is 2.41. The molecule has 1 nitrogen and oxygen atoms in total. The molecule has 1 aliphatic carbocycles. The van der Waals surface area contributed by atoms with Gasteiger partial charge in [0.25, 0.3) is 0 Å². The first kappa shape index (κ1) is 14.6. The van der Waals surface area contributed by atoms with Crippen molar-refractivity contribution in [2.45, 2.75) is 64.4 Å². The average molecular weight is 260 g/mol. The molecule has 0 aliphatic heterocycles. The van der Waals surface area contributed by atoms with E-state index in [1.807, 2.05) is 6.07 Å². The van der Waals surface area contributed by atoms with E-state index in [2.05, 4.69) is 45.0 Å². The number of benzene rings is 1. The van der Waals surface area contributed by atoms with Crippen LogP contribution < -0.4 is 0 Å². The van der Waals surface area contributed by atoms with E-state index in [-0.39, 0.29) is 11.5 Å². The molecule has 1 N–H and O–H groups in total. The van der Waals surface area contributed by atoms with Crippen molar-refractivity contribution in [2.24, 2.45) is 11.8 Å². The van der Waals surface area contributed by atoms with Crippen molar-refractivity contribution in [3.05, 3.63) is 35.9 Å². The topological polar surface area (TPSA) is 20.2 Å². The second-order valence-electron chi connectivity index (χ2n) is 6.65. The highest BCUT2D eigenvalue weighted by atomic mass is 16.3. The van der Waals surface area contributed by atoms with Gasteiger partial charge < -0.3 is 5.11 Å². The van der Waals surface area contributed by atoms with Crippen LogP contribution in [0.3, 0.4) is 0 Å². The van der Waals surface area contributed by atoms with Gasteiger partial charge in [0.15, 0.2) is 0 Å². The Balaban J connectivity index is 2.19. The highest BCUT2D eigenvalue weighted by Gasteiger charge is 2.39. The number of aliphatic hydroxyl groups excluding tert-OH is 1. The molecule has 1 heteroatoms. The van der Waals surface area contributed by atoms with Gasteiger partial charge in [-0.1, -0.05) is 76.8 Å². The summed E-state index contributed by atoms with van der Waals surface area (Å²) < 4.78 is 0. The molecule has 3 unspecified atom stereocenters. The Kier molecular flexibility index (Phi) is 4.67. The molecule has 0 aromatic heterocycles. The molecule has 0 spiro atoms. The first-order valence-electron chi connectivity index (χ1n) is 7.81. The van der Waals surface area contributed by atoms with Crippen LogP contribution in [0.5, 0.6) is 0 Å². The second-order valence-corrected chi connectivity index (χ2v) is 6.65. The van der Waals surface area contributed by atoms with Crippen molar-refractivity contribution in [3.63, 3.8) is 0 Å². The molecule has 1 saturated carbocycles. The van der Waals surface area contributed by atoms with Crippen LogP contribution in [0.4, 0.5) is 0 Å². The molecular weight excluding hydrogens is 232 g/mol. The van der Waals surface area contributed by atoms with Crippen molar-refractivity contribution in [1.82, 2.24) is 0 Å². The van der Waals surface area contributed by atoms with Crippen molar-refractivity contribution in [2.75, 3.05) is 0 Å². The van der Waals surface area contributed by atoms with Gasteiger partial charge in [-0.2, -0.15) is 0 Å². The van der Waals surface area contributed by atoms with E-state index in [4.69, 9.17) is 0 Å². The zero-order valence-electron chi connectivity index (χ0n) is 12.6. The van der Waals surface area contributed by atoms with Gasteiger partial charge in [-0.3, -0.25) is 0 Å². The lowest BCUT2D eigenvalue weighted by atomic mass is 9.66. The van der Waals surface area contributed by atoms with Crippen LogP contribution >= 0.6 is 0 Å². The highest BCUT2D eigenvalue weighted by molar-refractivity contribution is 5.25. The molecule has 106 valence electrons. The first-order valence-corrected chi connectivity index (χ1v) is 7.81. The van der Waals surface area contributed by atoms with Gasteiger partial charge in [0.1, 0.15) is 0 Å². The largest absolute Gasteiger partial charge is 0.392 e. The maximum Gasteiger partial charge on any atom is 0.0662 e. The van der Waals surface area contributed by atoms with Gasteiger partial charge >= 0.3 is 0 Å². The van der Waals surface area contributed by atoms with Gasteiger partial charge in [0.05, 0.1) is 6.10 Å². The predicted octanol–water partition coefficient (Wildman–Crippen LogP) is 4.54. The third-order valence-electron chi connectivity index (χ3n) is 5.16. The van der Waals surface area contributed by atoms with Crippen LogP contribution in [0.15, 0.2) is 30.3 Å². The van der Waals surface area contributed by atoms with E-state index >= 15 is 0 Å². The molecule has 1 aliphatic rings. The zero-order valence-corrected chi connectivity index (χ0v) is 12.6. The number of hydrogen-bond donors (Lipinski definition) is 1. The standard InChI is InChI=1S/C18H28O/c1-4-14-10-8-9-13-16(14)17(19)18(2,3)15-11-6-5-7-12-15/h5-7,11-12,14,16-17,19H,4,8-10,13H2,1-3H3. The van der Waals surface area contributed by atoms with E-state index in [1.54, 1.807) is 0 Å². The third kappa shape index (κ3) is 3.02. The molecule has 0 amide bonds. The lowest BCUT2D eigenvalue weighted by Crippen LogP contribution is -2.43. The van der Waals surface area contributed by atoms with Crippen LogP contribution in [0.2, 0.25) is 0 Å². The number of rotatable bonds is 4. The van der Waals surface area contributed by atoms with Crippen LogP contribution in [0.1, 0.15) is 58.4 Å². The summed E-state index contributed by atoms with van der Waals surface area (Å²) in [4.78, 5) is 0. The lowest BCUT2D eigenvalue weighted by Gasteiger charge is -2.42. The van der Waals surface area contributed by atoms with E-state index in [9.17, 15) is 5.11 Å². The quantitative estimate of drug-likeness (QED) is 0.842. The summed E-state index contributed by atoms with van der Waals surface area (Å²) in [5, 5.41) is 11.0. The van der Waals surface area contributed by atoms with Gasteiger partial charge in [-0.05, 0) is 23.8 Å². The van der Waals surface area contributed by atoms with E-state index in [0.29, 0.717) is 11.8 Å². The summed E-state index contributed by atoms with van der Waals surface area (Å²) in [5.74, 6) is 1.17. The Morgan fingerprint density at radius 1 is 1.16 bits per heavy atom. The van der Waals surface area contributed by atoms with E-state index in [1.165, 1.54) is 37.7 Å². The van der Waals surface area contributed by atoms with Crippen molar-refractivity contribution in [3.8, 4) is 0 Å². The number of hydrogen-bond acceptors (Lipinski definition) is 1. The van der Waals surface area contributed by atoms with Crippen molar-refractivity contribution in [1.29, 1.82) is 0 Å². The smallest absolute Gasteiger partial charge is 0.0662 e. The molecular formula is C18H28O. The summed E-state index contributed by atoms with van der Waals surface area (Å²) in [6.45, 7) is 6.65. The Hall–Kier alpha value is -0.820. The minimum atomic E-state index is -0.236. The molecule has 0 heterocycles. The van der Waals surface area contributed by atoms with Gasteiger partial charge in [0, 0.05) is 5.41 Å². The minimum absolute atomic E-state index is 0.156. The molecule has 1 aromatic rings. The van der Waals surface area contributed by atoms with Crippen LogP contribution in [0, 0.1) is 11.8 Å². The Morgan fingerprint density at radius 3 is 2.42 bits per heavy atom. The fourth-order valence-electron chi connectivity index (χ4n) is 3.73. The predicted molar refractivity (Wildman–Crippen MR) is 81.2 cm³/mol. The normalized spacial score (nSPS) is 26.1. The van der Waals surface area contributed by atoms with Crippen molar-refractivity contribution < 1.29 is 5.11 Å². The first-order chi connectivity index (χ1) is 9.07. The average Bonchev–Trinajstić information content (AvgIpc) is 2.47. The molecule has 3 atom stereocenters. The fourth-order valence-corrected chi connectivity index (χ4v) is 3.73. The lowest BCUT2D eigenvalue weighted by molar-refractivity contribution is -0.00206. The molecule has 0 saturated heterocycles. The monoisotopic (exact) mass is 260 g/mol. The molecule has 0 bridgehead atoms. The number of aliphatic hydroxyl groups is 1. The maximum absolute atomic E-state index is 11.0. The van der Waals surface area contributed by atoms with Gasteiger partial charge in [-0.15, -0.1) is 0 Å². The summed E-state index contributed by atoms with van der Waals surface area (Å²) in [6.07, 6.45) is 6.07. The zero-order chi connectivity index (χ0) is 13.9. The van der Waals surface area contributed by atoms with Crippen LogP contribution in [-0.4, -0.2) is 11.2 Å². The Morgan fingerprint density at radius 2 is 1.79 bits per heavy atom. The summed E-state index contributed by atoms with van der Waals surface area (Å²) in [5.41, 5.74) is 1.10. The minimum Gasteiger partial charge on any atom is -0.392 e. The third-order valence-corrected chi connectivity index (χ3v) is 5.16. The summed E-state index contributed by atoms with van der Waals surface area (Å²) >= 11 is 0. The van der Waals surface area contributed by atoms with E-state index < -0.39 is 0 Å². The molecule has 19 heavy (non-hydrogen) atoms. The van der Waals surface area contributed by atoms with Gasteiger partial charge in [0.2, 0.25) is 0 Å². The molecule has 2 rings (SSSR count). The molecule has 0 radical (unpaired) electrons. The Bertz CT molecular complexity index is 382. The second kappa shape index (κ2) is 6.09.